The highest BCUT2D eigenvalue weighted by atomic mass is 31.2. The standard InChI is InChI=1S/C13H21F3NOPSi/c1-5-19(17-20(2,3)4,18-11-13(14,15)16)12-9-7-6-8-10-12/h6-10H,5,11H2,1-4H3. The van der Waals surface area contributed by atoms with E-state index in [4.69, 9.17) is 8.93 Å². The molecule has 0 N–H and O–H groups in total. The lowest BCUT2D eigenvalue weighted by Crippen LogP contribution is -2.24. The summed E-state index contributed by atoms with van der Waals surface area (Å²) in [7, 11) is -4.49. The second-order valence-electron chi connectivity index (χ2n) is 5.51. The molecule has 1 rings (SSSR count). The van der Waals surface area contributed by atoms with Crippen molar-refractivity contribution in [2.24, 2.45) is 4.41 Å². The molecular formula is C13H21F3NOPSi. The van der Waals surface area contributed by atoms with Crippen LogP contribution in [0.2, 0.25) is 19.6 Å². The van der Waals surface area contributed by atoms with Gasteiger partial charge in [-0.05, 0) is 19.6 Å². The molecule has 114 valence electrons. The molecule has 0 aliphatic carbocycles. The Kier molecular flexibility index (Phi) is 5.64. The van der Waals surface area contributed by atoms with Crippen LogP contribution in [0, 0.1) is 0 Å². The van der Waals surface area contributed by atoms with E-state index in [9.17, 15) is 13.2 Å². The molecule has 1 aromatic rings. The summed E-state index contributed by atoms with van der Waals surface area (Å²) in [5.74, 6) is 0. The minimum atomic E-state index is -4.33. The zero-order valence-corrected chi connectivity index (χ0v) is 14.1. The summed E-state index contributed by atoms with van der Waals surface area (Å²) in [6.07, 6.45) is -3.85. The first kappa shape index (κ1) is 17.5. The van der Waals surface area contributed by atoms with Crippen LogP contribution in [-0.2, 0) is 4.52 Å². The van der Waals surface area contributed by atoms with Crippen molar-refractivity contribution in [2.75, 3.05) is 12.8 Å². The Hall–Kier alpha value is -0.583. The summed E-state index contributed by atoms with van der Waals surface area (Å²) in [4.78, 5) is 0. The van der Waals surface area contributed by atoms with Gasteiger partial charge in [0.25, 0.3) is 0 Å². The number of nitrogens with zero attached hydrogens (tertiary/aromatic N) is 1. The molecule has 0 saturated carbocycles. The van der Waals surface area contributed by atoms with Crippen molar-refractivity contribution in [1.82, 2.24) is 0 Å². The van der Waals surface area contributed by atoms with Crippen LogP contribution >= 0.6 is 7.28 Å². The van der Waals surface area contributed by atoms with Gasteiger partial charge in [-0.25, -0.2) is 0 Å². The molecule has 1 aromatic carbocycles. The maximum absolute atomic E-state index is 12.5. The fraction of sp³-hybridized carbons (Fsp3) is 0.538. The van der Waals surface area contributed by atoms with Crippen LogP contribution in [0.5, 0.6) is 0 Å². The van der Waals surface area contributed by atoms with Crippen molar-refractivity contribution in [2.45, 2.75) is 32.7 Å². The fourth-order valence-corrected chi connectivity index (χ4v) is 8.66. The van der Waals surface area contributed by atoms with Crippen molar-refractivity contribution in [3.63, 3.8) is 0 Å². The first-order chi connectivity index (χ1) is 9.08. The normalized spacial score (nSPS) is 15.8. The van der Waals surface area contributed by atoms with Crippen molar-refractivity contribution in [3.05, 3.63) is 30.3 Å². The van der Waals surface area contributed by atoms with Crippen LogP contribution in [0.15, 0.2) is 34.7 Å². The van der Waals surface area contributed by atoms with Crippen molar-refractivity contribution < 1.29 is 17.7 Å². The minimum absolute atomic E-state index is 0.483. The third-order valence-electron chi connectivity index (χ3n) is 2.49. The molecule has 20 heavy (non-hydrogen) atoms. The third-order valence-corrected chi connectivity index (χ3v) is 8.70. The Labute approximate surface area is 119 Å². The highest BCUT2D eigenvalue weighted by Gasteiger charge is 2.33. The van der Waals surface area contributed by atoms with E-state index in [1.165, 1.54) is 0 Å². The summed E-state index contributed by atoms with van der Waals surface area (Å²) < 4.78 is 47.7. The summed E-state index contributed by atoms with van der Waals surface area (Å²) in [5.41, 5.74) is 0. The first-order valence-corrected chi connectivity index (χ1v) is 11.8. The predicted octanol–water partition coefficient (Wildman–Crippen LogP) is 4.86. The van der Waals surface area contributed by atoms with Gasteiger partial charge in [-0.15, -0.1) is 0 Å². The van der Waals surface area contributed by atoms with Crippen LogP contribution in [0.4, 0.5) is 13.2 Å². The third kappa shape index (κ3) is 5.42. The van der Waals surface area contributed by atoms with Gasteiger partial charge in [0.15, 0.2) is 8.24 Å². The monoisotopic (exact) mass is 323 g/mol. The molecule has 0 spiro atoms. The molecule has 7 heteroatoms. The van der Waals surface area contributed by atoms with Gasteiger partial charge >= 0.3 is 6.18 Å². The van der Waals surface area contributed by atoms with E-state index >= 15 is 0 Å². The molecule has 0 fully saturated rings. The molecule has 2 nitrogen and oxygen atoms in total. The van der Waals surface area contributed by atoms with Gasteiger partial charge in [-0.2, -0.15) is 13.2 Å². The summed E-state index contributed by atoms with van der Waals surface area (Å²) in [6.45, 7) is 6.64. The molecule has 0 amide bonds. The van der Waals surface area contributed by atoms with Crippen LogP contribution in [0.3, 0.4) is 0 Å². The number of hydrogen-bond donors (Lipinski definition) is 0. The Balaban J connectivity index is 3.28. The molecule has 0 saturated heterocycles. The van der Waals surface area contributed by atoms with Crippen LogP contribution in [0.1, 0.15) is 6.92 Å². The molecular weight excluding hydrogens is 302 g/mol. The van der Waals surface area contributed by atoms with Gasteiger partial charge < -0.3 is 8.93 Å². The van der Waals surface area contributed by atoms with E-state index in [0.717, 1.165) is 5.30 Å². The van der Waals surface area contributed by atoms with Gasteiger partial charge in [0, 0.05) is 11.5 Å². The number of halogens is 3. The van der Waals surface area contributed by atoms with Gasteiger partial charge in [0.2, 0.25) is 0 Å². The molecule has 0 aromatic heterocycles. The topological polar surface area (TPSA) is 21.6 Å². The number of alkyl halides is 3. The van der Waals surface area contributed by atoms with Gasteiger partial charge in [-0.1, -0.05) is 37.3 Å². The number of rotatable bonds is 5. The van der Waals surface area contributed by atoms with Crippen LogP contribution in [-0.4, -0.2) is 27.2 Å². The van der Waals surface area contributed by atoms with E-state index in [1.54, 1.807) is 0 Å². The molecule has 1 unspecified atom stereocenters. The van der Waals surface area contributed by atoms with Crippen molar-refractivity contribution in [3.8, 4) is 0 Å². The van der Waals surface area contributed by atoms with Gasteiger partial charge in [0.1, 0.15) is 13.9 Å². The lowest BCUT2D eigenvalue weighted by Gasteiger charge is -2.28. The Bertz CT molecular complexity index is 483. The van der Waals surface area contributed by atoms with Crippen LogP contribution < -0.4 is 5.30 Å². The van der Waals surface area contributed by atoms with Gasteiger partial charge in [-0.3, -0.25) is 0 Å². The SMILES string of the molecule is CCP(=N[Si](C)(C)C)(OCC(F)(F)F)c1ccccc1. The fourth-order valence-electron chi connectivity index (χ4n) is 1.83. The molecule has 0 heterocycles. The lowest BCUT2D eigenvalue weighted by atomic mass is 10.4. The molecule has 0 radical (unpaired) electrons. The second kappa shape index (κ2) is 6.46. The molecule has 0 aliphatic rings. The van der Waals surface area contributed by atoms with Crippen molar-refractivity contribution in [1.29, 1.82) is 0 Å². The highest BCUT2D eigenvalue weighted by Crippen LogP contribution is 2.51. The van der Waals surface area contributed by atoms with E-state index in [-0.39, 0.29) is 0 Å². The number of benzene rings is 1. The first-order valence-electron chi connectivity index (χ1n) is 6.47. The van der Waals surface area contributed by atoms with E-state index in [1.807, 2.05) is 56.9 Å². The summed E-state index contributed by atoms with van der Waals surface area (Å²) in [6, 6.07) is 9.10. The average Bonchev–Trinajstić information content (AvgIpc) is 2.33. The van der Waals surface area contributed by atoms with Gasteiger partial charge in [0.05, 0.1) is 0 Å². The lowest BCUT2D eigenvalue weighted by molar-refractivity contribution is -0.152. The quantitative estimate of drug-likeness (QED) is 0.560. The minimum Gasteiger partial charge on any atom is -0.332 e. The molecule has 1 atom stereocenters. The summed E-state index contributed by atoms with van der Waals surface area (Å²) >= 11 is 0. The molecule has 0 aliphatic heterocycles. The largest absolute Gasteiger partial charge is 0.412 e. The van der Waals surface area contributed by atoms with Crippen LogP contribution in [0.25, 0.3) is 0 Å². The second-order valence-corrected chi connectivity index (χ2v) is 13.5. The maximum Gasteiger partial charge on any atom is 0.412 e. The van der Waals surface area contributed by atoms with E-state index in [2.05, 4.69) is 0 Å². The Morgan fingerprint density at radius 1 is 1.15 bits per heavy atom. The van der Waals surface area contributed by atoms with Crippen molar-refractivity contribution >= 4 is 20.8 Å². The van der Waals surface area contributed by atoms with E-state index in [0.29, 0.717) is 6.16 Å². The Morgan fingerprint density at radius 2 is 1.70 bits per heavy atom. The molecule has 0 bridgehead atoms. The predicted molar refractivity (Wildman–Crippen MR) is 81.3 cm³/mol. The maximum atomic E-state index is 12.5. The Morgan fingerprint density at radius 3 is 2.10 bits per heavy atom. The smallest absolute Gasteiger partial charge is 0.332 e. The zero-order chi connectivity index (χ0) is 15.4. The highest BCUT2D eigenvalue weighted by molar-refractivity contribution is 7.70. The van der Waals surface area contributed by atoms with E-state index < -0.39 is 28.3 Å². The zero-order valence-electron chi connectivity index (χ0n) is 12.2. The summed E-state index contributed by atoms with van der Waals surface area (Å²) in [5, 5.41) is 0.786. The number of hydrogen-bond acceptors (Lipinski definition) is 2. The average molecular weight is 323 g/mol.